The van der Waals surface area contributed by atoms with Gasteiger partial charge in [-0.1, -0.05) is 13.8 Å². The molecule has 0 aliphatic heterocycles. The molecular weight excluding hydrogens is 154 g/mol. The Morgan fingerprint density at radius 1 is 1.58 bits per heavy atom. The van der Waals surface area contributed by atoms with Gasteiger partial charge < -0.3 is 10.4 Å². The Hall–Kier alpha value is -0.570. The van der Waals surface area contributed by atoms with Crippen LogP contribution in [0.4, 0.5) is 0 Å². The highest BCUT2D eigenvalue weighted by Gasteiger charge is 2.31. The summed E-state index contributed by atoms with van der Waals surface area (Å²) >= 11 is 0. The molecule has 1 aliphatic carbocycles. The van der Waals surface area contributed by atoms with E-state index in [1.165, 1.54) is 0 Å². The van der Waals surface area contributed by atoms with Crippen molar-refractivity contribution >= 4 is 5.91 Å². The molecule has 12 heavy (non-hydrogen) atoms. The molecule has 0 aromatic rings. The number of aliphatic hydroxyl groups is 1. The molecule has 0 aromatic heterocycles. The summed E-state index contributed by atoms with van der Waals surface area (Å²) in [6.07, 6.45) is 2.15. The molecule has 1 fully saturated rings. The largest absolute Gasteiger partial charge is 0.387 e. The second-order valence-electron chi connectivity index (χ2n) is 3.90. The summed E-state index contributed by atoms with van der Waals surface area (Å²) in [5, 5.41) is 11.2. The van der Waals surface area contributed by atoms with E-state index in [2.05, 4.69) is 19.2 Å². The lowest BCUT2D eigenvalue weighted by Gasteiger charge is -2.38. The average molecular weight is 171 g/mol. The zero-order valence-electron chi connectivity index (χ0n) is 7.71. The van der Waals surface area contributed by atoms with Crippen molar-refractivity contribution in [2.45, 2.75) is 32.7 Å². The van der Waals surface area contributed by atoms with Crippen LogP contribution in [0.5, 0.6) is 0 Å². The maximum absolute atomic E-state index is 10.7. The van der Waals surface area contributed by atoms with E-state index in [0.29, 0.717) is 12.0 Å². The zero-order chi connectivity index (χ0) is 9.14. The molecule has 0 heterocycles. The topological polar surface area (TPSA) is 49.3 Å². The van der Waals surface area contributed by atoms with Crippen LogP contribution in [0, 0.1) is 11.8 Å². The Bertz CT molecular complexity index is 162. The zero-order valence-corrected chi connectivity index (χ0v) is 7.71. The van der Waals surface area contributed by atoms with Crippen LogP contribution in [-0.2, 0) is 4.79 Å². The van der Waals surface area contributed by atoms with Crippen molar-refractivity contribution in [3.63, 3.8) is 0 Å². The summed E-state index contributed by atoms with van der Waals surface area (Å²) in [4.78, 5) is 10.7. The van der Waals surface area contributed by atoms with E-state index in [9.17, 15) is 4.79 Å². The Morgan fingerprint density at radius 3 is 2.58 bits per heavy atom. The third kappa shape index (κ3) is 2.21. The molecule has 0 bridgehead atoms. The summed E-state index contributed by atoms with van der Waals surface area (Å²) in [6.45, 7) is 4.02. The SMILES string of the molecule is CC(C)[C@H]1C[C@H](NC(=O)CO)C1. The van der Waals surface area contributed by atoms with Gasteiger partial charge in [0.15, 0.2) is 0 Å². The van der Waals surface area contributed by atoms with E-state index < -0.39 is 0 Å². The molecule has 0 spiro atoms. The van der Waals surface area contributed by atoms with Gasteiger partial charge in [-0.2, -0.15) is 0 Å². The molecular formula is C9H17NO2. The molecule has 1 rings (SSSR count). The Kier molecular flexibility index (Phi) is 3.09. The Balaban J connectivity index is 2.13. The smallest absolute Gasteiger partial charge is 0.245 e. The maximum atomic E-state index is 10.7. The van der Waals surface area contributed by atoms with Crippen LogP contribution in [-0.4, -0.2) is 23.7 Å². The maximum Gasteiger partial charge on any atom is 0.245 e. The highest BCUT2D eigenvalue weighted by atomic mass is 16.3. The minimum absolute atomic E-state index is 0.248. The first kappa shape index (κ1) is 9.52. The fraction of sp³-hybridized carbons (Fsp3) is 0.889. The Morgan fingerprint density at radius 2 is 2.17 bits per heavy atom. The number of hydrogen-bond donors (Lipinski definition) is 2. The van der Waals surface area contributed by atoms with Crippen LogP contribution in [0.1, 0.15) is 26.7 Å². The fourth-order valence-corrected chi connectivity index (χ4v) is 1.60. The lowest BCUT2D eigenvalue weighted by Crippen LogP contribution is -2.46. The number of carbonyl (C=O) groups is 1. The van der Waals surface area contributed by atoms with Crippen molar-refractivity contribution in [3.8, 4) is 0 Å². The van der Waals surface area contributed by atoms with Gasteiger partial charge in [0.1, 0.15) is 6.61 Å². The fourth-order valence-electron chi connectivity index (χ4n) is 1.60. The molecule has 1 amide bonds. The van der Waals surface area contributed by atoms with E-state index in [4.69, 9.17) is 5.11 Å². The van der Waals surface area contributed by atoms with Crippen molar-refractivity contribution in [1.29, 1.82) is 0 Å². The minimum Gasteiger partial charge on any atom is -0.387 e. The summed E-state index contributed by atoms with van der Waals surface area (Å²) in [7, 11) is 0. The van der Waals surface area contributed by atoms with Crippen molar-refractivity contribution in [2.24, 2.45) is 11.8 Å². The van der Waals surface area contributed by atoms with Crippen molar-refractivity contribution < 1.29 is 9.90 Å². The van der Waals surface area contributed by atoms with E-state index in [1.807, 2.05) is 0 Å². The molecule has 2 N–H and O–H groups in total. The molecule has 0 unspecified atom stereocenters. The van der Waals surface area contributed by atoms with Gasteiger partial charge in [0.25, 0.3) is 0 Å². The molecule has 1 aliphatic rings. The van der Waals surface area contributed by atoms with Crippen LogP contribution in [0.25, 0.3) is 0 Å². The summed E-state index contributed by atoms with van der Waals surface area (Å²) in [5.41, 5.74) is 0. The van der Waals surface area contributed by atoms with Gasteiger partial charge in [-0.25, -0.2) is 0 Å². The van der Waals surface area contributed by atoms with Gasteiger partial charge in [0.2, 0.25) is 5.91 Å². The van der Waals surface area contributed by atoms with Crippen LogP contribution in [0.2, 0.25) is 0 Å². The number of hydrogen-bond acceptors (Lipinski definition) is 2. The lowest BCUT2D eigenvalue weighted by molar-refractivity contribution is -0.125. The lowest BCUT2D eigenvalue weighted by atomic mass is 9.74. The summed E-state index contributed by atoms with van der Waals surface area (Å²) in [5.74, 6) is 1.23. The van der Waals surface area contributed by atoms with Crippen molar-refractivity contribution in [2.75, 3.05) is 6.61 Å². The van der Waals surface area contributed by atoms with Crippen LogP contribution >= 0.6 is 0 Å². The molecule has 70 valence electrons. The van der Waals surface area contributed by atoms with E-state index >= 15 is 0 Å². The normalized spacial score (nSPS) is 28.3. The quantitative estimate of drug-likeness (QED) is 0.650. The Labute approximate surface area is 73.2 Å². The van der Waals surface area contributed by atoms with Gasteiger partial charge in [0.05, 0.1) is 0 Å². The third-order valence-corrected chi connectivity index (χ3v) is 2.63. The van der Waals surface area contributed by atoms with E-state index in [0.717, 1.165) is 18.8 Å². The highest BCUT2D eigenvalue weighted by Crippen LogP contribution is 2.33. The molecule has 0 atom stereocenters. The number of carbonyl (C=O) groups excluding carboxylic acids is 1. The van der Waals surface area contributed by atoms with Gasteiger partial charge in [-0.3, -0.25) is 4.79 Å². The molecule has 0 saturated heterocycles. The predicted octanol–water partition coefficient (Wildman–Crippen LogP) is 0.529. The van der Waals surface area contributed by atoms with Crippen molar-refractivity contribution in [3.05, 3.63) is 0 Å². The number of amides is 1. The van der Waals surface area contributed by atoms with Crippen molar-refractivity contribution in [1.82, 2.24) is 5.32 Å². The molecule has 3 heteroatoms. The predicted molar refractivity (Wildman–Crippen MR) is 46.6 cm³/mol. The number of aliphatic hydroxyl groups excluding tert-OH is 1. The van der Waals surface area contributed by atoms with Gasteiger partial charge in [0, 0.05) is 6.04 Å². The molecule has 0 radical (unpaired) electrons. The first-order valence-corrected chi connectivity index (χ1v) is 4.53. The van der Waals surface area contributed by atoms with E-state index in [1.54, 1.807) is 0 Å². The number of nitrogens with one attached hydrogen (secondary N) is 1. The average Bonchev–Trinajstić information content (AvgIpc) is 1.94. The number of rotatable bonds is 3. The second-order valence-corrected chi connectivity index (χ2v) is 3.90. The minimum atomic E-state index is -0.386. The third-order valence-electron chi connectivity index (χ3n) is 2.63. The van der Waals surface area contributed by atoms with Crippen LogP contribution in [0.3, 0.4) is 0 Å². The van der Waals surface area contributed by atoms with Gasteiger partial charge in [-0.15, -0.1) is 0 Å². The molecule has 0 aromatic carbocycles. The van der Waals surface area contributed by atoms with Crippen LogP contribution < -0.4 is 5.32 Å². The highest BCUT2D eigenvalue weighted by molar-refractivity contribution is 5.77. The van der Waals surface area contributed by atoms with Gasteiger partial charge in [-0.05, 0) is 24.7 Å². The first-order valence-electron chi connectivity index (χ1n) is 4.53. The second kappa shape index (κ2) is 3.90. The first-order chi connectivity index (χ1) is 5.63. The van der Waals surface area contributed by atoms with Gasteiger partial charge >= 0.3 is 0 Å². The summed E-state index contributed by atoms with van der Waals surface area (Å²) < 4.78 is 0. The molecule has 1 saturated carbocycles. The summed E-state index contributed by atoms with van der Waals surface area (Å²) in [6, 6.07) is 0.317. The molecule has 3 nitrogen and oxygen atoms in total. The monoisotopic (exact) mass is 171 g/mol. The van der Waals surface area contributed by atoms with Crippen LogP contribution in [0.15, 0.2) is 0 Å². The standard InChI is InChI=1S/C9H17NO2/c1-6(2)7-3-8(4-7)10-9(12)5-11/h6-8,11H,3-5H2,1-2H3,(H,10,12)/t7-,8-. The van der Waals surface area contributed by atoms with E-state index in [-0.39, 0.29) is 12.5 Å².